The average Bonchev–Trinajstić information content (AvgIpc) is 3.21. The number of alkyl halides is 1. The average molecular weight is 322 g/mol. The molecule has 106 valence electrons. The van der Waals surface area contributed by atoms with E-state index in [1.54, 1.807) is 19.2 Å². The smallest absolute Gasteiger partial charge is 0.207 e. The second-order valence-electron chi connectivity index (χ2n) is 4.99. The molecule has 0 bridgehead atoms. The van der Waals surface area contributed by atoms with E-state index in [0.29, 0.717) is 10.9 Å². The van der Waals surface area contributed by atoms with Gasteiger partial charge in [-0.2, -0.15) is 4.31 Å². The van der Waals surface area contributed by atoms with Crippen molar-refractivity contribution in [2.75, 3.05) is 7.05 Å². The van der Waals surface area contributed by atoms with Gasteiger partial charge in [0.25, 0.3) is 0 Å². The molecular weight excluding hydrogens is 305 g/mol. The van der Waals surface area contributed by atoms with Gasteiger partial charge in [0.1, 0.15) is 0 Å². The first-order valence-corrected chi connectivity index (χ1v) is 8.55. The summed E-state index contributed by atoms with van der Waals surface area (Å²) < 4.78 is 26.4. The second kappa shape index (κ2) is 5.60. The third-order valence-electron chi connectivity index (χ3n) is 3.72. The van der Waals surface area contributed by atoms with Crippen LogP contribution in [0.5, 0.6) is 0 Å². The van der Waals surface area contributed by atoms with Crippen LogP contribution in [0.2, 0.25) is 5.02 Å². The van der Waals surface area contributed by atoms with Gasteiger partial charge in [0, 0.05) is 24.0 Å². The lowest BCUT2D eigenvalue weighted by Crippen LogP contribution is -2.36. The number of hydrogen-bond acceptors (Lipinski definition) is 2. The minimum absolute atomic E-state index is 0.0245. The summed E-state index contributed by atoms with van der Waals surface area (Å²) >= 11 is 11.7. The quantitative estimate of drug-likeness (QED) is 0.778. The Balaban J connectivity index is 2.30. The molecule has 0 saturated heterocycles. The normalized spacial score (nSPS) is 17.7. The molecule has 1 aliphatic rings. The molecule has 1 unspecified atom stereocenters. The summed E-state index contributed by atoms with van der Waals surface area (Å²) in [4.78, 5) is 0.223. The summed E-state index contributed by atoms with van der Waals surface area (Å²) in [6.45, 7) is 1.95. The van der Waals surface area contributed by atoms with Gasteiger partial charge in [-0.25, -0.2) is 8.42 Å². The Labute approximate surface area is 124 Å². The molecular formula is C13H17Cl2NO2S. The molecule has 0 aliphatic heterocycles. The Bertz CT molecular complexity index is 570. The zero-order valence-electron chi connectivity index (χ0n) is 10.9. The monoisotopic (exact) mass is 321 g/mol. The Morgan fingerprint density at radius 2 is 2.05 bits per heavy atom. The van der Waals surface area contributed by atoms with Crippen molar-refractivity contribution in [3.05, 3.63) is 28.8 Å². The fraction of sp³-hybridized carbons (Fsp3) is 0.538. The first-order valence-electron chi connectivity index (χ1n) is 6.20. The van der Waals surface area contributed by atoms with Gasteiger partial charge < -0.3 is 0 Å². The van der Waals surface area contributed by atoms with E-state index in [1.165, 1.54) is 10.4 Å². The van der Waals surface area contributed by atoms with Crippen LogP contribution in [0.25, 0.3) is 0 Å². The molecule has 1 saturated carbocycles. The number of hydrogen-bond donors (Lipinski definition) is 0. The van der Waals surface area contributed by atoms with E-state index in [-0.39, 0.29) is 16.8 Å². The molecule has 2 rings (SSSR count). The summed E-state index contributed by atoms with van der Waals surface area (Å²) in [6.07, 6.45) is 2.21. The van der Waals surface area contributed by atoms with Gasteiger partial charge >= 0.3 is 0 Å². The lowest BCUT2D eigenvalue weighted by molar-refractivity contribution is 0.357. The van der Waals surface area contributed by atoms with Gasteiger partial charge in [-0.05, 0) is 43.4 Å². The fourth-order valence-corrected chi connectivity index (χ4v) is 4.12. The third-order valence-corrected chi connectivity index (χ3v) is 6.30. The van der Waals surface area contributed by atoms with Crippen LogP contribution < -0.4 is 0 Å². The highest BCUT2D eigenvalue weighted by Crippen LogP contribution is 2.36. The van der Waals surface area contributed by atoms with E-state index in [0.717, 1.165) is 18.4 Å². The molecule has 0 spiro atoms. The van der Waals surface area contributed by atoms with E-state index in [1.807, 2.05) is 6.92 Å². The Hall–Kier alpha value is -0.290. The molecule has 0 N–H and O–H groups in total. The van der Waals surface area contributed by atoms with E-state index < -0.39 is 10.0 Å². The van der Waals surface area contributed by atoms with Crippen molar-refractivity contribution >= 4 is 33.2 Å². The molecule has 3 nitrogen and oxygen atoms in total. The van der Waals surface area contributed by atoms with Gasteiger partial charge in [-0.3, -0.25) is 0 Å². The van der Waals surface area contributed by atoms with Crippen LogP contribution in [0.15, 0.2) is 23.1 Å². The first-order chi connectivity index (χ1) is 8.87. The summed E-state index contributed by atoms with van der Waals surface area (Å²) in [6, 6.07) is 4.73. The molecule has 0 aromatic heterocycles. The molecule has 1 fully saturated rings. The van der Waals surface area contributed by atoms with Crippen LogP contribution in [0.3, 0.4) is 0 Å². The third kappa shape index (κ3) is 3.07. The predicted octanol–water partition coefficient (Wildman–Crippen LogP) is 3.50. The largest absolute Gasteiger partial charge is 0.243 e. The number of nitrogens with zero attached hydrogens (tertiary/aromatic N) is 1. The lowest BCUT2D eigenvalue weighted by Gasteiger charge is -2.24. The van der Waals surface area contributed by atoms with Crippen molar-refractivity contribution in [3.8, 4) is 0 Å². The van der Waals surface area contributed by atoms with Crippen LogP contribution in [-0.4, -0.2) is 25.8 Å². The van der Waals surface area contributed by atoms with Crippen molar-refractivity contribution in [1.29, 1.82) is 0 Å². The molecule has 1 aromatic carbocycles. The highest BCUT2D eigenvalue weighted by atomic mass is 35.5. The van der Waals surface area contributed by atoms with Crippen LogP contribution in [0.4, 0.5) is 0 Å². The molecule has 0 radical (unpaired) electrons. The Morgan fingerprint density at radius 3 is 2.53 bits per heavy atom. The highest BCUT2D eigenvalue weighted by Gasteiger charge is 2.36. The number of benzene rings is 1. The molecule has 6 heteroatoms. The standard InChI is InChI=1S/C13H17Cl2NO2S/c1-9(10-3-4-10)16(2)19(17,18)12-6-5-11(8-14)13(15)7-12/h5-7,9-10H,3-4,8H2,1-2H3. The van der Waals surface area contributed by atoms with Crippen molar-refractivity contribution in [1.82, 2.24) is 4.31 Å². The van der Waals surface area contributed by atoms with Gasteiger partial charge in [0.05, 0.1) is 4.90 Å². The zero-order valence-corrected chi connectivity index (χ0v) is 13.3. The topological polar surface area (TPSA) is 37.4 Å². The van der Waals surface area contributed by atoms with E-state index in [2.05, 4.69) is 0 Å². The maximum absolute atomic E-state index is 12.5. The van der Waals surface area contributed by atoms with E-state index in [4.69, 9.17) is 23.2 Å². The van der Waals surface area contributed by atoms with Crippen molar-refractivity contribution in [3.63, 3.8) is 0 Å². The Kier molecular flexibility index (Phi) is 4.45. The molecule has 1 aromatic rings. The van der Waals surface area contributed by atoms with E-state index in [9.17, 15) is 8.42 Å². The fourth-order valence-electron chi connectivity index (χ4n) is 2.06. The van der Waals surface area contributed by atoms with Crippen molar-refractivity contribution in [2.45, 2.75) is 36.6 Å². The highest BCUT2D eigenvalue weighted by molar-refractivity contribution is 7.89. The second-order valence-corrected chi connectivity index (χ2v) is 7.66. The Morgan fingerprint density at radius 1 is 1.42 bits per heavy atom. The van der Waals surface area contributed by atoms with Crippen molar-refractivity contribution in [2.24, 2.45) is 5.92 Å². The summed E-state index contributed by atoms with van der Waals surface area (Å²) in [5.74, 6) is 0.755. The van der Waals surface area contributed by atoms with Gasteiger partial charge in [-0.1, -0.05) is 17.7 Å². The molecule has 19 heavy (non-hydrogen) atoms. The van der Waals surface area contributed by atoms with Crippen LogP contribution in [-0.2, 0) is 15.9 Å². The summed E-state index contributed by atoms with van der Waals surface area (Å²) in [7, 11) is -1.86. The molecule has 0 heterocycles. The number of rotatable bonds is 5. The summed E-state index contributed by atoms with van der Waals surface area (Å²) in [5, 5.41) is 0.392. The summed E-state index contributed by atoms with van der Waals surface area (Å²) in [5.41, 5.74) is 0.736. The number of sulfonamides is 1. The SMILES string of the molecule is CC(C1CC1)N(C)S(=O)(=O)c1ccc(CCl)c(Cl)c1. The zero-order chi connectivity index (χ0) is 14.2. The molecule has 1 aliphatic carbocycles. The first kappa shape index (κ1) is 15.1. The molecule has 0 amide bonds. The lowest BCUT2D eigenvalue weighted by atomic mass is 10.2. The van der Waals surface area contributed by atoms with Gasteiger partial charge in [0.2, 0.25) is 10.0 Å². The number of halogens is 2. The minimum Gasteiger partial charge on any atom is -0.207 e. The van der Waals surface area contributed by atoms with E-state index >= 15 is 0 Å². The minimum atomic E-state index is -3.48. The maximum atomic E-state index is 12.5. The van der Waals surface area contributed by atoms with Crippen LogP contribution in [0.1, 0.15) is 25.3 Å². The van der Waals surface area contributed by atoms with Gasteiger partial charge in [0.15, 0.2) is 0 Å². The maximum Gasteiger partial charge on any atom is 0.243 e. The predicted molar refractivity (Wildman–Crippen MR) is 78.1 cm³/mol. The van der Waals surface area contributed by atoms with Crippen molar-refractivity contribution < 1.29 is 8.42 Å². The molecule has 1 atom stereocenters. The van der Waals surface area contributed by atoms with Gasteiger partial charge in [-0.15, -0.1) is 11.6 Å². The van der Waals surface area contributed by atoms with Crippen LogP contribution in [0, 0.1) is 5.92 Å². The van der Waals surface area contributed by atoms with Crippen LogP contribution >= 0.6 is 23.2 Å².